The molecule has 0 bridgehead atoms. The zero-order chi connectivity index (χ0) is 14.4. The van der Waals surface area contributed by atoms with Crippen molar-refractivity contribution < 1.29 is 9.53 Å². The van der Waals surface area contributed by atoms with Gasteiger partial charge in [0, 0.05) is 26.2 Å². The maximum atomic E-state index is 12.0. The molecule has 20 heavy (non-hydrogen) atoms. The van der Waals surface area contributed by atoms with Gasteiger partial charge in [-0.1, -0.05) is 0 Å². The fourth-order valence-corrected chi connectivity index (χ4v) is 3.64. The third-order valence-corrected chi connectivity index (χ3v) is 4.49. The molecule has 0 radical (unpaired) electrons. The molecule has 2 fully saturated rings. The number of piperidine rings is 2. The normalized spacial score (nSPS) is 29.3. The van der Waals surface area contributed by atoms with E-state index >= 15 is 0 Å². The molecule has 5 nitrogen and oxygen atoms in total. The molecule has 116 valence electrons. The molecule has 1 amide bonds. The fourth-order valence-electron chi connectivity index (χ4n) is 3.64. The van der Waals surface area contributed by atoms with E-state index in [1.165, 1.54) is 25.7 Å². The highest BCUT2D eigenvalue weighted by atomic mass is 16.5. The number of hydrogen-bond donors (Lipinski definition) is 2. The number of likely N-dealkylation sites (tertiary alicyclic amines) is 1. The van der Waals surface area contributed by atoms with Crippen molar-refractivity contribution in [1.29, 1.82) is 0 Å². The molecule has 0 aliphatic carbocycles. The number of carbonyl (C=O) groups is 1. The molecule has 0 aromatic carbocycles. The first kappa shape index (κ1) is 15.7. The number of nitrogens with one attached hydrogen (secondary N) is 2. The van der Waals surface area contributed by atoms with E-state index in [0.717, 1.165) is 26.2 Å². The molecule has 0 aromatic rings. The van der Waals surface area contributed by atoms with Crippen LogP contribution in [0, 0.1) is 5.41 Å². The van der Waals surface area contributed by atoms with E-state index in [4.69, 9.17) is 4.74 Å². The van der Waals surface area contributed by atoms with Gasteiger partial charge in [0.15, 0.2) is 0 Å². The summed E-state index contributed by atoms with van der Waals surface area (Å²) < 4.78 is 5.05. The number of nitrogens with zero attached hydrogens (tertiary/aromatic N) is 1. The van der Waals surface area contributed by atoms with E-state index in [1.807, 2.05) is 6.92 Å². The molecular formula is C15H29N3O2. The van der Waals surface area contributed by atoms with Crippen LogP contribution in [0.4, 0.5) is 0 Å². The van der Waals surface area contributed by atoms with Gasteiger partial charge in [0.25, 0.3) is 0 Å². The fraction of sp³-hybridized carbons (Fsp3) is 0.933. The summed E-state index contributed by atoms with van der Waals surface area (Å²) in [5.74, 6) is 0.121. The summed E-state index contributed by atoms with van der Waals surface area (Å²) in [4.78, 5) is 14.4. The molecule has 2 aliphatic heterocycles. The Bertz CT molecular complexity index is 311. The lowest BCUT2D eigenvalue weighted by Gasteiger charge is -2.45. The quantitative estimate of drug-likeness (QED) is 0.776. The van der Waals surface area contributed by atoms with Crippen molar-refractivity contribution in [3.63, 3.8) is 0 Å². The Morgan fingerprint density at radius 3 is 2.95 bits per heavy atom. The minimum Gasteiger partial charge on any atom is -0.383 e. The number of carbonyl (C=O) groups excluding carboxylic acids is 1. The SMILES string of the molecule is COCC(C)NC(=O)CN1CCCC2(CCCNC2)C1. The maximum Gasteiger partial charge on any atom is 0.234 e. The second-order valence-electron chi connectivity index (χ2n) is 6.52. The average molecular weight is 283 g/mol. The molecule has 1 spiro atoms. The van der Waals surface area contributed by atoms with Crippen molar-refractivity contribution in [2.75, 3.05) is 46.4 Å². The molecule has 0 aromatic heterocycles. The summed E-state index contributed by atoms with van der Waals surface area (Å²) in [6.45, 7) is 7.45. The van der Waals surface area contributed by atoms with Crippen molar-refractivity contribution >= 4 is 5.91 Å². The maximum absolute atomic E-state index is 12.0. The zero-order valence-electron chi connectivity index (χ0n) is 12.9. The summed E-state index contributed by atoms with van der Waals surface area (Å²) in [7, 11) is 1.66. The first-order valence-electron chi connectivity index (χ1n) is 7.85. The molecular weight excluding hydrogens is 254 g/mol. The minimum absolute atomic E-state index is 0.0857. The predicted octanol–water partition coefficient (Wildman–Crippen LogP) is 0.603. The summed E-state index contributed by atoms with van der Waals surface area (Å²) in [5.41, 5.74) is 0.412. The highest BCUT2D eigenvalue weighted by molar-refractivity contribution is 5.78. The van der Waals surface area contributed by atoms with Gasteiger partial charge >= 0.3 is 0 Å². The summed E-state index contributed by atoms with van der Waals surface area (Å²) in [5, 5.41) is 6.52. The van der Waals surface area contributed by atoms with E-state index in [2.05, 4.69) is 15.5 Å². The van der Waals surface area contributed by atoms with Gasteiger partial charge < -0.3 is 15.4 Å². The van der Waals surface area contributed by atoms with Crippen molar-refractivity contribution in [2.24, 2.45) is 5.41 Å². The van der Waals surface area contributed by atoms with Crippen LogP contribution in [0.1, 0.15) is 32.6 Å². The van der Waals surface area contributed by atoms with Crippen LogP contribution in [0.3, 0.4) is 0 Å². The average Bonchev–Trinajstić information content (AvgIpc) is 2.39. The smallest absolute Gasteiger partial charge is 0.234 e. The summed E-state index contributed by atoms with van der Waals surface area (Å²) >= 11 is 0. The van der Waals surface area contributed by atoms with Crippen LogP contribution < -0.4 is 10.6 Å². The van der Waals surface area contributed by atoms with E-state index in [9.17, 15) is 4.79 Å². The molecule has 5 heteroatoms. The second-order valence-corrected chi connectivity index (χ2v) is 6.52. The van der Waals surface area contributed by atoms with Crippen LogP contribution in [0.15, 0.2) is 0 Å². The van der Waals surface area contributed by atoms with Crippen molar-refractivity contribution in [1.82, 2.24) is 15.5 Å². The zero-order valence-corrected chi connectivity index (χ0v) is 12.9. The molecule has 0 saturated carbocycles. The minimum atomic E-state index is 0.0857. The van der Waals surface area contributed by atoms with Gasteiger partial charge in [-0.05, 0) is 51.1 Å². The Kier molecular flexibility index (Phi) is 5.81. The van der Waals surface area contributed by atoms with Crippen LogP contribution in [0.25, 0.3) is 0 Å². The van der Waals surface area contributed by atoms with Gasteiger partial charge in [-0.25, -0.2) is 0 Å². The Labute approximate surface area is 122 Å². The largest absolute Gasteiger partial charge is 0.383 e. The van der Waals surface area contributed by atoms with E-state index in [0.29, 0.717) is 18.6 Å². The van der Waals surface area contributed by atoms with Gasteiger partial charge in [0.2, 0.25) is 5.91 Å². The van der Waals surface area contributed by atoms with E-state index in [1.54, 1.807) is 7.11 Å². The van der Waals surface area contributed by atoms with Crippen LogP contribution in [-0.2, 0) is 9.53 Å². The number of methoxy groups -OCH3 is 1. The first-order chi connectivity index (χ1) is 9.63. The van der Waals surface area contributed by atoms with Crippen molar-refractivity contribution in [3.8, 4) is 0 Å². The van der Waals surface area contributed by atoms with Gasteiger partial charge in [-0.2, -0.15) is 0 Å². The Hall–Kier alpha value is -0.650. The highest BCUT2D eigenvalue weighted by Crippen LogP contribution is 2.35. The number of amides is 1. The van der Waals surface area contributed by atoms with Gasteiger partial charge in [0.05, 0.1) is 13.2 Å². The van der Waals surface area contributed by atoms with Crippen molar-refractivity contribution in [3.05, 3.63) is 0 Å². The molecule has 2 rings (SSSR count). The standard InChI is InChI=1S/C15H29N3O2/c1-13(10-20-2)17-14(19)9-18-8-4-6-15(12-18)5-3-7-16-11-15/h13,16H,3-12H2,1-2H3,(H,17,19). The van der Waals surface area contributed by atoms with E-state index < -0.39 is 0 Å². The molecule has 2 atom stereocenters. The van der Waals surface area contributed by atoms with Crippen LogP contribution in [-0.4, -0.2) is 63.3 Å². The van der Waals surface area contributed by atoms with Gasteiger partial charge in [-0.15, -0.1) is 0 Å². The lowest BCUT2D eigenvalue weighted by Crippen LogP contribution is -2.53. The number of ether oxygens (including phenoxy) is 1. The Balaban J connectivity index is 1.79. The topological polar surface area (TPSA) is 53.6 Å². The lowest BCUT2D eigenvalue weighted by atomic mass is 9.74. The van der Waals surface area contributed by atoms with Crippen LogP contribution >= 0.6 is 0 Å². The van der Waals surface area contributed by atoms with Crippen molar-refractivity contribution in [2.45, 2.75) is 38.6 Å². The lowest BCUT2D eigenvalue weighted by molar-refractivity contribution is -0.124. The monoisotopic (exact) mass is 283 g/mol. The second kappa shape index (κ2) is 7.38. The Morgan fingerprint density at radius 2 is 2.25 bits per heavy atom. The van der Waals surface area contributed by atoms with E-state index in [-0.39, 0.29) is 11.9 Å². The highest BCUT2D eigenvalue weighted by Gasteiger charge is 2.36. The Morgan fingerprint density at radius 1 is 1.45 bits per heavy atom. The van der Waals surface area contributed by atoms with Gasteiger partial charge in [-0.3, -0.25) is 9.69 Å². The molecule has 2 heterocycles. The molecule has 2 saturated heterocycles. The predicted molar refractivity (Wildman–Crippen MR) is 79.7 cm³/mol. The summed E-state index contributed by atoms with van der Waals surface area (Å²) in [6, 6.07) is 0.0857. The third-order valence-electron chi connectivity index (χ3n) is 4.49. The summed E-state index contributed by atoms with van der Waals surface area (Å²) in [6.07, 6.45) is 5.09. The molecule has 2 aliphatic rings. The number of rotatable bonds is 5. The number of hydrogen-bond acceptors (Lipinski definition) is 4. The third kappa shape index (κ3) is 4.43. The molecule has 2 N–H and O–H groups in total. The van der Waals surface area contributed by atoms with Crippen LogP contribution in [0.5, 0.6) is 0 Å². The van der Waals surface area contributed by atoms with Crippen LogP contribution in [0.2, 0.25) is 0 Å². The van der Waals surface area contributed by atoms with Gasteiger partial charge in [0.1, 0.15) is 0 Å². The molecule has 2 unspecified atom stereocenters. The first-order valence-corrected chi connectivity index (χ1v) is 7.85.